The van der Waals surface area contributed by atoms with Crippen molar-refractivity contribution in [2.75, 3.05) is 20.8 Å². The number of carbonyl (C=O) groups excluding carboxylic acids is 1. The van der Waals surface area contributed by atoms with Gasteiger partial charge in [0, 0.05) is 24.5 Å². The van der Waals surface area contributed by atoms with Crippen molar-refractivity contribution >= 4 is 21.7 Å². The fourth-order valence-corrected chi connectivity index (χ4v) is 2.64. The Morgan fingerprint density at radius 2 is 2.26 bits per heavy atom. The molecule has 4 nitrogen and oxygen atoms in total. The molecular formula is C14H18BrNO3. The second-order valence-electron chi connectivity index (χ2n) is 4.65. The van der Waals surface area contributed by atoms with Crippen LogP contribution in [-0.2, 0) is 16.0 Å². The third-order valence-electron chi connectivity index (χ3n) is 3.43. The van der Waals surface area contributed by atoms with Crippen molar-refractivity contribution in [3.63, 3.8) is 0 Å². The Bertz CT molecular complexity index is 464. The van der Waals surface area contributed by atoms with Crippen molar-refractivity contribution in [3.05, 3.63) is 28.2 Å². The highest BCUT2D eigenvalue weighted by molar-refractivity contribution is 9.10. The summed E-state index contributed by atoms with van der Waals surface area (Å²) in [4.78, 5) is 12.2. The predicted molar refractivity (Wildman–Crippen MR) is 76.6 cm³/mol. The normalized spacial score (nSPS) is 22.5. The van der Waals surface area contributed by atoms with Crippen LogP contribution in [0.2, 0.25) is 0 Å². The van der Waals surface area contributed by atoms with Crippen LogP contribution in [0.3, 0.4) is 0 Å². The van der Waals surface area contributed by atoms with E-state index in [1.165, 1.54) is 0 Å². The van der Waals surface area contributed by atoms with Crippen LogP contribution in [0, 0.1) is 0 Å². The number of carbonyl (C=O) groups is 1. The number of hydrogen-bond donors (Lipinski definition) is 1. The van der Waals surface area contributed by atoms with Gasteiger partial charge in [-0.05, 0) is 30.2 Å². The van der Waals surface area contributed by atoms with Crippen LogP contribution >= 0.6 is 15.9 Å². The average molecular weight is 328 g/mol. The number of Topliss-reactive ketones (excluding diaryl/α,β-unsaturated/α-hetero) is 1. The van der Waals surface area contributed by atoms with E-state index in [4.69, 9.17) is 9.47 Å². The zero-order valence-corrected chi connectivity index (χ0v) is 12.7. The van der Waals surface area contributed by atoms with E-state index >= 15 is 0 Å². The van der Waals surface area contributed by atoms with Crippen LogP contribution in [0.5, 0.6) is 5.75 Å². The highest BCUT2D eigenvalue weighted by Gasteiger charge is 2.29. The first-order valence-electron chi connectivity index (χ1n) is 6.25. The number of nitrogens with one attached hydrogen (secondary N) is 1. The largest absolute Gasteiger partial charge is 0.497 e. The Balaban J connectivity index is 2.03. The lowest BCUT2D eigenvalue weighted by Gasteiger charge is -2.11. The minimum Gasteiger partial charge on any atom is -0.497 e. The minimum absolute atomic E-state index is 0.108. The Morgan fingerprint density at radius 3 is 2.89 bits per heavy atom. The molecule has 1 N–H and O–H groups in total. The monoisotopic (exact) mass is 327 g/mol. The standard InChI is InChI=1S/C14H18BrNO3/c1-18-10-3-4-12(15)9(5-10)6-14(17)13-7-11(19-2)8-16-13/h3-5,11,13,16H,6-8H2,1-2H3. The molecule has 1 fully saturated rings. The van der Waals surface area contributed by atoms with Gasteiger partial charge in [0.2, 0.25) is 0 Å². The second-order valence-corrected chi connectivity index (χ2v) is 5.51. The number of rotatable bonds is 5. The number of benzene rings is 1. The Hall–Kier alpha value is -0.910. The molecule has 19 heavy (non-hydrogen) atoms. The molecule has 1 aromatic carbocycles. The van der Waals surface area contributed by atoms with E-state index in [2.05, 4.69) is 21.2 Å². The predicted octanol–water partition coefficient (Wildman–Crippen LogP) is 1.95. The van der Waals surface area contributed by atoms with Gasteiger partial charge in [0.1, 0.15) is 5.75 Å². The van der Waals surface area contributed by atoms with Crippen LogP contribution in [0.25, 0.3) is 0 Å². The maximum Gasteiger partial charge on any atom is 0.154 e. The van der Waals surface area contributed by atoms with Gasteiger partial charge in [-0.25, -0.2) is 0 Å². The topological polar surface area (TPSA) is 47.6 Å². The van der Waals surface area contributed by atoms with Gasteiger partial charge in [0.25, 0.3) is 0 Å². The van der Waals surface area contributed by atoms with Crippen molar-refractivity contribution in [2.24, 2.45) is 0 Å². The minimum atomic E-state index is -0.108. The van der Waals surface area contributed by atoms with Crippen molar-refractivity contribution < 1.29 is 14.3 Å². The van der Waals surface area contributed by atoms with Gasteiger partial charge in [-0.3, -0.25) is 4.79 Å². The highest BCUT2D eigenvalue weighted by Crippen LogP contribution is 2.24. The molecule has 0 bridgehead atoms. The van der Waals surface area contributed by atoms with E-state index in [9.17, 15) is 4.79 Å². The molecule has 2 atom stereocenters. The Labute approximate surface area is 121 Å². The van der Waals surface area contributed by atoms with Gasteiger partial charge in [-0.2, -0.15) is 0 Å². The van der Waals surface area contributed by atoms with Crippen LogP contribution in [-0.4, -0.2) is 38.7 Å². The van der Waals surface area contributed by atoms with E-state index in [0.29, 0.717) is 6.42 Å². The summed E-state index contributed by atoms with van der Waals surface area (Å²) in [5.74, 6) is 0.952. The molecule has 0 radical (unpaired) electrons. The van der Waals surface area contributed by atoms with Crippen LogP contribution in [0.1, 0.15) is 12.0 Å². The Morgan fingerprint density at radius 1 is 1.47 bits per heavy atom. The summed E-state index contributed by atoms with van der Waals surface area (Å²) in [7, 11) is 3.30. The van der Waals surface area contributed by atoms with E-state index in [-0.39, 0.29) is 17.9 Å². The highest BCUT2D eigenvalue weighted by atomic mass is 79.9. The van der Waals surface area contributed by atoms with Gasteiger partial charge in [0.15, 0.2) is 5.78 Å². The van der Waals surface area contributed by atoms with E-state index < -0.39 is 0 Å². The molecular weight excluding hydrogens is 310 g/mol. The Kier molecular flexibility index (Phi) is 4.96. The number of halogens is 1. The summed E-state index contributed by atoms with van der Waals surface area (Å²) in [6.45, 7) is 0.742. The molecule has 0 amide bonds. The first kappa shape index (κ1) is 14.5. The van der Waals surface area contributed by atoms with Crippen LogP contribution in [0.4, 0.5) is 0 Å². The molecule has 0 spiro atoms. The van der Waals surface area contributed by atoms with Crippen molar-refractivity contribution in [1.29, 1.82) is 0 Å². The van der Waals surface area contributed by atoms with Gasteiger partial charge in [0.05, 0.1) is 19.3 Å². The van der Waals surface area contributed by atoms with Gasteiger partial charge in [-0.1, -0.05) is 15.9 Å². The van der Waals surface area contributed by atoms with E-state index in [1.54, 1.807) is 14.2 Å². The maximum absolute atomic E-state index is 12.2. The molecule has 1 heterocycles. The van der Waals surface area contributed by atoms with Gasteiger partial charge < -0.3 is 14.8 Å². The fraction of sp³-hybridized carbons (Fsp3) is 0.500. The molecule has 2 rings (SSSR count). The lowest BCUT2D eigenvalue weighted by atomic mass is 10.0. The third kappa shape index (κ3) is 3.55. The van der Waals surface area contributed by atoms with Gasteiger partial charge in [-0.15, -0.1) is 0 Å². The molecule has 5 heteroatoms. The van der Waals surface area contributed by atoms with Crippen molar-refractivity contribution in [1.82, 2.24) is 5.32 Å². The number of ether oxygens (including phenoxy) is 2. The van der Waals surface area contributed by atoms with Crippen LogP contribution in [0.15, 0.2) is 22.7 Å². The average Bonchev–Trinajstić information content (AvgIpc) is 2.90. The summed E-state index contributed by atoms with van der Waals surface area (Å²) in [6, 6.07) is 5.56. The van der Waals surface area contributed by atoms with Crippen molar-refractivity contribution in [2.45, 2.75) is 25.0 Å². The molecule has 1 aliphatic heterocycles. The maximum atomic E-state index is 12.2. The summed E-state index contributed by atoms with van der Waals surface area (Å²) >= 11 is 3.47. The molecule has 1 aromatic rings. The first-order valence-corrected chi connectivity index (χ1v) is 7.04. The quantitative estimate of drug-likeness (QED) is 0.897. The SMILES string of the molecule is COc1ccc(Br)c(CC(=O)C2CC(OC)CN2)c1. The second kappa shape index (κ2) is 6.50. The molecule has 104 valence electrons. The third-order valence-corrected chi connectivity index (χ3v) is 4.20. The molecule has 0 aliphatic carbocycles. The summed E-state index contributed by atoms with van der Waals surface area (Å²) < 4.78 is 11.4. The molecule has 2 unspecified atom stereocenters. The summed E-state index contributed by atoms with van der Waals surface area (Å²) in [6.07, 6.45) is 1.28. The fourth-order valence-electron chi connectivity index (χ4n) is 2.25. The summed E-state index contributed by atoms with van der Waals surface area (Å²) in [5.41, 5.74) is 0.951. The number of methoxy groups -OCH3 is 2. The molecule has 0 aromatic heterocycles. The van der Waals surface area contributed by atoms with E-state index in [0.717, 1.165) is 28.8 Å². The molecule has 1 aliphatic rings. The van der Waals surface area contributed by atoms with Gasteiger partial charge >= 0.3 is 0 Å². The lowest BCUT2D eigenvalue weighted by Crippen LogP contribution is -2.31. The zero-order chi connectivity index (χ0) is 13.8. The number of ketones is 1. The van der Waals surface area contributed by atoms with E-state index in [1.807, 2.05) is 18.2 Å². The first-order chi connectivity index (χ1) is 9.13. The van der Waals surface area contributed by atoms with Crippen LogP contribution < -0.4 is 10.1 Å². The summed E-state index contributed by atoms with van der Waals surface area (Å²) in [5, 5.41) is 3.20. The number of hydrogen-bond acceptors (Lipinski definition) is 4. The lowest BCUT2D eigenvalue weighted by molar-refractivity contribution is -0.120. The molecule has 0 saturated carbocycles. The van der Waals surface area contributed by atoms with Crippen molar-refractivity contribution in [3.8, 4) is 5.75 Å². The zero-order valence-electron chi connectivity index (χ0n) is 11.1. The smallest absolute Gasteiger partial charge is 0.154 e. The molecule has 1 saturated heterocycles.